The number of nitrogens with one attached hydrogen (secondary N) is 1. The van der Waals surface area contributed by atoms with Gasteiger partial charge in [-0.1, -0.05) is 0 Å². The first-order valence-electron chi connectivity index (χ1n) is 6.53. The molecule has 0 radical (unpaired) electrons. The molecule has 1 amide bonds. The standard InChI is InChI=1S/C13H20N4O3/c1-13(2)8-17(6-9(7-18)20-13)12(19)10-4-15-5-11(14-3)16-10/h4-5,9,18H,6-8H2,1-3H3,(H,14,16). The van der Waals surface area contributed by atoms with Crippen LogP contribution in [0.25, 0.3) is 0 Å². The van der Waals surface area contributed by atoms with Crippen LogP contribution in [0, 0.1) is 0 Å². The molecule has 0 bridgehead atoms. The van der Waals surface area contributed by atoms with E-state index >= 15 is 0 Å². The van der Waals surface area contributed by atoms with Crippen molar-refractivity contribution in [2.24, 2.45) is 0 Å². The Kier molecular flexibility index (Phi) is 4.20. The highest BCUT2D eigenvalue weighted by atomic mass is 16.5. The molecule has 0 saturated carbocycles. The molecular formula is C13H20N4O3. The Morgan fingerprint density at radius 2 is 2.35 bits per heavy atom. The van der Waals surface area contributed by atoms with Gasteiger partial charge in [-0.25, -0.2) is 4.98 Å². The molecule has 1 aliphatic rings. The fraction of sp³-hybridized carbons (Fsp3) is 0.615. The van der Waals surface area contributed by atoms with Crippen LogP contribution >= 0.6 is 0 Å². The molecule has 1 aliphatic heterocycles. The Morgan fingerprint density at radius 1 is 1.60 bits per heavy atom. The molecule has 20 heavy (non-hydrogen) atoms. The molecule has 2 heterocycles. The van der Waals surface area contributed by atoms with Crippen LogP contribution < -0.4 is 5.32 Å². The highest BCUT2D eigenvalue weighted by Gasteiger charge is 2.36. The summed E-state index contributed by atoms with van der Waals surface area (Å²) in [7, 11) is 1.72. The first-order valence-corrected chi connectivity index (χ1v) is 6.53. The second-order valence-corrected chi connectivity index (χ2v) is 5.41. The van der Waals surface area contributed by atoms with Crippen LogP contribution in [-0.4, -0.2) is 64.3 Å². The molecule has 1 aromatic heterocycles. The number of nitrogens with zero attached hydrogens (tertiary/aromatic N) is 3. The van der Waals surface area contributed by atoms with Gasteiger partial charge < -0.3 is 20.1 Å². The van der Waals surface area contributed by atoms with Crippen LogP contribution in [-0.2, 0) is 4.74 Å². The maximum Gasteiger partial charge on any atom is 0.274 e. The molecule has 2 N–H and O–H groups in total. The van der Waals surface area contributed by atoms with Gasteiger partial charge in [0.2, 0.25) is 0 Å². The number of hydrogen-bond acceptors (Lipinski definition) is 6. The molecule has 0 aromatic carbocycles. The quantitative estimate of drug-likeness (QED) is 0.818. The van der Waals surface area contributed by atoms with Crippen molar-refractivity contribution in [3.8, 4) is 0 Å². The van der Waals surface area contributed by atoms with Gasteiger partial charge in [0.05, 0.1) is 30.7 Å². The number of aliphatic hydroxyl groups excluding tert-OH is 1. The predicted octanol–water partition coefficient (Wildman–Crippen LogP) is 0.130. The third kappa shape index (κ3) is 3.23. The summed E-state index contributed by atoms with van der Waals surface area (Å²) in [6.07, 6.45) is 2.62. The third-order valence-electron chi connectivity index (χ3n) is 3.08. The average molecular weight is 280 g/mol. The smallest absolute Gasteiger partial charge is 0.274 e. The van der Waals surface area contributed by atoms with Crippen LogP contribution in [0.3, 0.4) is 0 Å². The Labute approximate surface area is 118 Å². The van der Waals surface area contributed by atoms with Gasteiger partial charge in [0.15, 0.2) is 0 Å². The molecule has 1 atom stereocenters. The van der Waals surface area contributed by atoms with E-state index in [0.717, 1.165) is 0 Å². The maximum atomic E-state index is 12.5. The Morgan fingerprint density at radius 3 is 3.00 bits per heavy atom. The summed E-state index contributed by atoms with van der Waals surface area (Å²) < 4.78 is 5.69. The van der Waals surface area contributed by atoms with Crippen molar-refractivity contribution in [3.05, 3.63) is 18.1 Å². The number of aliphatic hydroxyl groups is 1. The van der Waals surface area contributed by atoms with E-state index in [1.165, 1.54) is 6.20 Å². The summed E-state index contributed by atoms with van der Waals surface area (Å²) in [5, 5.41) is 12.1. The lowest BCUT2D eigenvalue weighted by Gasteiger charge is -2.42. The summed E-state index contributed by atoms with van der Waals surface area (Å²) in [6, 6.07) is 0. The lowest BCUT2D eigenvalue weighted by molar-refractivity contribution is -0.139. The molecule has 1 saturated heterocycles. The zero-order valence-electron chi connectivity index (χ0n) is 12.0. The topological polar surface area (TPSA) is 87.6 Å². The third-order valence-corrected chi connectivity index (χ3v) is 3.08. The van der Waals surface area contributed by atoms with Crippen LogP contribution in [0.1, 0.15) is 24.3 Å². The minimum Gasteiger partial charge on any atom is -0.394 e. The second-order valence-electron chi connectivity index (χ2n) is 5.41. The zero-order chi connectivity index (χ0) is 14.8. The number of morpholine rings is 1. The Bertz CT molecular complexity index is 492. The molecule has 0 aliphatic carbocycles. The Hall–Kier alpha value is -1.73. The van der Waals surface area contributed by atoms with Gasteiger partial charge in [-0.3, -0.25) is 9.78 Å². The first-order chi connectivity index (χ1) is 9.45. The van der Waals surface area contributed by atoms with Crippen LogP contribution in [0.2, 0.25) is 0 Å². The van der Waals surface area contributed by atoms with Gasteiger partial charge in [0.25, 0.3) is 5.91 Å². The number of rotatable bonds is 3. The highest BCUT2D eigenvalue weighted by Crippen LogP contribution is 2.22. The number of aromatic nitrogens is 2. The molecule has 1 unspecified atom stereocenters. The number of carbonyl (C=O) groups is 1. The van der Waals surface area contributed by atoms with Gasteiger partial charge in [-0.15, -0.1) is 0 Å². The molecule has 0 spiro atoms. The van der Waals surface area contributed by atoms with E-state index in [1.54, 1.807) is 18.1 Å². The number of hydrogen-bond donors (Lipinski definition) is 2. The van der Waals surface area contributed by atoms with Crippen molar-refractivity contribution in [1.82, 2.24) is 14.9 Å². The van der Waals surface area contributed by atoms with E-state index in [9.17, 15) is 9.90 Å². The van der Waals surface area contributed by atoms with Crippen molar-refractivity contribution >= 4 is 11.7 Å². The maximum absolute atomic E-state index is 12.5. The number of carbonyl (C=O) groups excluding carboxylic acids is 1. The van der Waals surface area contributed by atoms with E-state index in [0.29, 0.717) is 18.9 Å². The normalized spacial score (nSPS) is 21.6. The van der Waals surface area contributed by atoms with E-state index in [1.807, 2.05) is 13.8 Å². The van der Waals surface area contributed by atoms with Crippen LogP contribution in [0.15, 0.2) is 12.4 Å². The molecule has 1 fully saturated rings. The average Bonchev–Trinajstić information content (AvgIpc) is 2.44. The molecule has 7 nitrogen and oxygen atoms in total. The summed E-state index contributed by atoms with van der Waals surface area (Å²) in [4.78, 5) is 22.3. The SMILES string of the molecule is CNc1cncc(C(=O)N2CC(CO)OC(C)(C)C2)n1. The number of ether oxygens (including phenoxy) is 1. The fourth-order valence-electron chi connectivity index (χ4n) is 2.30. The van der Waals surface area contributed by atoms with E-state index in [-0.39, 0.29) is 24.3 Å². The largest absolute Gasteiger partial charge is 0.394 e. The number of anilines is 1. The fourth-order valence-corrected chi connectivity index (χ4v) is 2.30. The first kappa shape index (κ1) is 14.7. The lowest BCUT2D eigenvalue weighted by Crippen LogP contribution is -2.55. The van der Waals surface area contributed by atoms with E-state index in [4.69, 9.17) is 4.74 Å². The highest BCUT2D eigenvalue weighted by molar-refractivity contribution is 5.92. The summed E-state index contributed by atoms with van der Waals surface area (Å²) in [6.45, 7) is 4.48. The van der Waals surface area contributed by atoms with Crippen molar-refractivity contribution in [3.63, 3.8) is 0 Å². The monoisotopic (exact) mass is 280 g/mol. The van der Waals surface area contributed by atoms with Crippen LogP contribution in [0.4, 0.5) is 5.82 Å². The van der Waals surface area contributed by atoms with Crippen molar-refractivity contribution in [1.29, 1.82) is 0 Å². The Balaban J connectivity index is 2.18. The van der Waals surface area contributed by atoms with Gasteiger partial charge >= 0.3 is 0 Å². The molecule has 1 aromatic rings. The lowest BCUT2D eigenvalue weighted by atomic mass is 10.0. The molecule has 7 heteroatoms. The molecular weight excluding hydrogens is 260 g/mol. The predicted molar refractivity (Wildman–Crippen MR) is 73.5 cm³/mol. The summed E-state index contributed by atoms with van der Waals surface area (Å²) in [5.41, 5.74) is -0.207. The zero-order valence-corrected chi connectivity index (χ0v) is 12.0. The van der Waals surface area contributed by atoms with Gasteiger partial charge in [0.1, 0.15) is 11.5 Å². The minimum atomic E-state index is -0.491. The van der Waals surface area contributed by atoms with E-state index in [2.05, 4.69) is 15.3 Å². The van der Waals surface area contributed by atoms with Gasteiger partial charge in [-0.05, 0) is 13.8 Å². The minimum absolute atomic E-state index is 0.116. The van der Waals surface area contributed by atoms with Crippen molar-refractivity contribution in [2.45, 2.75) is 25.6 Å². The summed E-state index contributed by atoms with van der Waals surface area (Å²) in [5.74, 6) is 0.339. The van der Waals surface area contributed by atoms with E-state index < -0.39 is 5.60 Å². The summed E-state index contributed by atoms with van der Waals surface area (Å²) >= 11 is 0. The van der Waals surface area contributed by atoms with Crippen LogP contribution in [0.5, 0.6) is 0 Å². The van der Waals surface area contributed by atoms with Gasteiger partial charge in [0, 0.05) is 20.1 Å². The molecule has 2 rings (SSSR count). The second kappa shape index (κ2) is 5.72. The van der Waals surface area contributed by atoms with Crippen molar-refractivity contribution < 1.29 is 14.6 Å². The number of amides is 1. The van der Waals surface area contributed by atoms with Crippen molar-refractivity contribution in [2.75, 3.05) is 32.1 Å². The van der Waals surface area contributed by atoms with Gasteiger partial charge in [-0.2, -0.15) is 0 Å². The molecule has 110 valence electrons.